The average molecular weight is 1180 g/mol. The van der Waals surface area contributed by atoms with E-state index in [0.717, 1.165) is 83.8 Å². The third kappa shape index (κ3) is 15.0. The molecule has 0 radical (unpaired) electrons. The number of benzene rings is 6. The van der Waals surface area contributed by atoms with Crippen molar-refractivity contribution >= 4 is 56.5 Å². The van der Waals surface area contributed by atoms with Gasteiger partial charge in [0.2, 0.25) is 0 Å². The number of amides is 2. The van der Waals surface area contributed by atoms with Crippen molar-refractivity contribution in [1.82, 2.24) is 39.7 Å². The fourth-order valence-corrected chi connectivity index (χ4v) is 10.5. The molecule has 10 aromatic rings. The van der Waals surface area contributed by atoms with Crippen molar-refractivity contribution in [1.29, 1.82) is 0 Å². The van der Waals surface area contributed by atoms with Crippen molar-refractivity contribution in [3.63, 3.8) is 0 Å². The van der Waals surface area contributed by atoms with Crippen LogP contribution in [-0.2, 0) is 33.3 Å². The van der Waals surface area contributed by atoms with Gasteiger partial charge >= 0.3 is 0 Å². The Morgan fingerprint density at radius 1 is 0.483 bits per heavy atom. The lowest BCUT2D eigenvalue weighted by Crippen LogP contribution is -2.40. The minimum absolute atomic E-state index is 0.0298. The van der Waals surface area contributed by atoms with Crippen LogP contribution < -0.4 is 5.73 Å². The Hall–Kier alpha value is -8.99. The molecule has 444 valence electrons. The highest BCUT2D eigenvalue weighted by Crippen LogP contribution is 2.33. The van der Waals surface area contributed by atoms with Crippen molar-refractivity contribution in [3.05, 3.63) is 215 Å². The van der Waals surface area contributed by atoms with Gasteiger partial charge < -0.3 is 35.0 Å². The van der Waals surface area contributed by atoms with Crippen LogP contribution in [0.1, 0.15) is 112 Å². The maximum Gasteiger partial charge on any atom is 0.254 e. The van der Waals surface area contributed by atoms with Crippen LogP contribution in [0.3, 0.4) is 0 Å². The molecule has 0 aliphatic carbocycles. The van der Waals surface area contributed by atoms with Gasteiger partial charge in [0.05, 0.1) is 37.8 Å². The zero-order valence-corrected chi connectivity index (χ0v) is 50.8. The number of fused-ring (bicyclic) bond motifs is 2. The molecule has 2 saturated heterocycles. The van der Waals surface area contributed by atoms with Crippen molar-refractivity contribution in [3.8, 4) is 45.0 Å². The molecule has 87 heavy (non-hydrogen) atoms. The zero-order chi connectivity index (χ0) is 61.2. The summed E-state index contributed by atoms with van der Waals surface area (Å²) >= 11 is 5.33. The summed E-state index contributed by atoms with van der Waals surface area (Å²) in [6.45, 7) is 18.3. The van der Waals surface area contributed by atoms with Gasteiger partial charge in [-0.2, -0.15) is 0 Å². The van der Waals surface area contributed by atoms with Crippen molar-refractivity contribution in [2.75, 3.05) is 52.6 Å². The van der Waals surface area contributed by atoms with E-state index in [1.165, 1.54) is 11.1 Å². The largest absolute Gasteiger partial charge is 0.378 e. The standard InChI is InChI=1S/C36H36N4O3.C24H23N5O2.C11H13ClO/c1-36(2,3)29-15-13-26(14-16-29)32(41)17-6-24-4-7-27(8-5-24)33-30-22-31(39-34(30)38-23-37-33)25-9-11-28(12-10-25)35(42)40-18-20-43-21-19-40;25-14-16-1-3-18(4-2-16)22-20-13-21(28-23(20)27-15-26-22)17-5-7-19(8-6-17)24(30)29-9-11-31-12-10-29;1-11(2,3)9-6-4-8(5-7-9)10(12)13/h4-5,7-16,22-23H,6,17-21H2,1-3H3,(H,37,38,39);1-8,13,15H,9-12,14,25H2,(H,26,27,28);4-7H,1-3H3. The Labute approximate surface area is 512 Å². The van der Waals surface area contributed by atoms with Gasteiger partial charge in [-0.25, -0.2) is 19.9 Å². The number of aryl methyl sites for hydroxylation is 1. The Bertz CT molecular complexity index is 4010. The second-order valence-corrected chi connectivity index (χ2v) is 24.1. The van der Waals surface area contributed by atoms with Crippen LogP contribution in [0.4, 0.5) is 0 Å². The third-order valence-electron chi connectivity index (χ3n) is 15.7. The average Bonchev–Trinajstić information content (AvgIpc) is 1.97. The minimum atomic E-state index is -0.402. The van der Waals surface area contributed by atoms with Crippen LogP contribution in [0, 0.1) is 0 Å². The molecule has 16 heteroatoms. The summed E-state index contributed by atoms with van der Waals surface area (Å²) in [5, 5.41) is 1.47. The zero-order valence-electron chi connectivity index (χ0n) is 50.0. The molecular formula is C71H72ClN9O6. The Balaban J connectivity index is 0.000000165. The second kappa shape index (κ2) is 27.2. The number of aromatic nitrogens is 6. The number of carbonyl (C=O) groups is 4. The first-order valence-corrected chi connectivity index (χ1v) is 29.7. The van der Waals surface area contributed by atoms with E-state index in [4.69, 9.17) is 26.8 Å². The van der Waals surface area contributed by atoms with Gasteiger partial charge in [-0.1, -0.05) is 151 Å². The van der Waals surface area contributed by atoms with E-state index in [0.29, 0.717) is 88.7 Å². The first kappa shape index (κ1) is 61.1. The quantitative estimate of drug-likeness (QED) is 0.0776. The number of ketones is 1. The van der Waals surface area contributed by atoms with Gasteiger partial charge in [0.15, 0.2) is 5.78 Å². The first-order chi connectivity index (χ1) is 41.9. The molecule has 4 N–H and O–H groups in total. The predicted octanol–water partition coefficient (Wildman–Crippen LogP) is 13.5. The molecular weight excluding hydrogens is 1110 g/mol. The van der Waals surface area contributed by atoms with E-state index in [1.807, 2.05) is 107 Å². The molecule has 6 heterocycles. The van der Waals surface area contributed by atoms with Gasteiger partial charge in [0.25, 0.3) is 17.1 Å². The molecule has 0 atom stereocenters. The van der Waals surface area contributed by atoms with Crippen LogP contribution in [0.5, 0.6) is 0 Å². The fraction of sp³-hybridized carbons (Fsp3) is 0.268. The first-order valence-electron chi connectivity index (χ1n) is 29.4. The van der Waals surface area contributed by atoms with Crippen LogP contribution in [-0.4, -0.2) is 115 Å². The summed E-state index contributed by atoms with van der Waals surface area (Å²) in [5.41, 5.74) is 22.2. The molecule has 15 nitrogen and oxygen atoms in total. The number of hydrogen-bond acceptors (Lipinski definition) is 11. The number of nitrogens with two attached hydrogens (primary N) is 1. The highest BCUT2D eigenvalue weighted by atomic mass is 35.5. The van der Waals surface area contributed by atoms with Gasteiger partial charge in [0, 0.05) is 94.7 Å². The summed E-state index contributed by atoms with van der Waals surface area (Å²) in [6, 6.07) is 51.2. The number of rotatable bonds is 12. The number of carbonyl (C=O) groups excluding carboxylic acids is 4. The molecule has 0 bridgehead atoms. The van der Waals surface area contributed by atoms with Gasteiger partial charge in [-0.3, -0.25) is 19.2 Å². The van der Waals surface area contributed by atoms with Gasteiger partial charge in [-0.05, 0) is 111 Å². The topological polar surface area (TPSA) is 202 Å². The van der Waals surface area contributed by atoms with Crippen molar-refractivity contribution in [2.45, 2.75) is 71.8 Å². The molecule has 12 rings (SSSR count). The van der Waals surface area contributed by atoms with E-state index in [1.54, 1.807) is 24.8 Å². The SMILES string of the molecule is CC(C)(C)c1ccc(C(=O)CCc2ccc(-c3ncnc4[nH]c(-c5ccc(C(=O)N6CCOCC6)cc5)cc34)cc2)cc1.CC(C)(C)c1ccc(C(=O)Cl)cc1.NCc1ccc(-c2ncnc3[nH]c(-c4ccc(C(=O)N5CCOCC5)cc4)cc23)cc1. The number of morpholine rings is 2. The lowest BCUT2D eigenvalue weighted by molar-refractivity contribution is 0.0301. The number of aromatic amines is 2. The molecule has 0 unspecified atom stereocenters. The summed E-state index contributed by atoms with van der Waals surface area (Å²) in [4.78, 5) is 77.5. The van der Waals surface area contributed by atoms with Crippen LogP contribution in [0.2, 0.25) is 0 Å². The number of halogens is 1. The Morgan fingerprint density at radius 3 is 1.23 bits per heavy atom. The number of H-pyrrole nitrogens is 2. The lowest BCUT2D eigenvalue weighted by Gasteiger charge is -2.26. The summed E-state index contributed by atoms with van der Waals surface area (Å²) in [6.07, 6.45) is 4.28. The van der Waals surface area contributed by atoms with Crippen LogP contribution >= 0.6 is 11.6 Å². The maximum absolute atomic E-state index is 12.8. The van der Waals surface area contributed by atoms with Crippen LogP contribution in [0.25, 0.3) is 67.1 Å². The lowest BCUT2D eigenvalue weighted by atomic mass is 9.86. The predicted molar refractivity (Wildman–Crippen MR) is 344 cm³/mol. The van der Waals surface area contributed by atoms with E-state index < -0.39 is 5.24 Å². The van der Waals surface area contributed by atoms with Gasteiger partial charge in [-0.15, -0.1) is 0 Å². The van der Waals surface area contributed by atoms with Crippen molar-refractivity contribution in [2.24, 2.45) is 5.73 Å². The normalized spacial score (nSPS) is 13.6. The Kier molecular flexibility index (Phi) is 19.1. The molecule has 0 saturated carbocycles. The van der Waals surface area contributed by atoms with Gasteiger partial charge in [0.1, 0.15) is 23.9 Å². The highest BCUT2D eigenvalue weighted by molar-refractivity contribution is 6.67. The molecule has 6 aromatic carbocycles. The number of nitrogens with zero attached hydrogens (tertiary/aromatic N) is 6. The number of ether oxygens (including phenoxy) is 2. The fourth-order valence-electron chi connectivity index (χ4n) is 10.4. The minimum Gasteiger partial charge on any atom is -0.378 e. The molecule has 2 aliphatic rings. The monoisotopic (exact) mass is 1180 g/mol. The summed E-state index contributed by atoms with van der Waals surface area (Å²) < 4.78 is 10.7. The molecule has 0 spiro atoms. The molecule has 2 fully saturated rings. The third-order valence-corrected chi connectivity index (χ3v) is 15.9. The smallest absolute Gasteiger partial charge is 0.254 e. The molecule has 2 amide bonds. The van der Waals surface area contributed by atoms with Crippen molar-refractivity contribution < 1.29 is 28.7 Å². The Morgan fingerprint density at radius 2 is 0.851 bits per heavy atom. The van der Waals surface area contributed by atoms with E-state index in [9.17, 15) is 19.2 Å². The second-order valence-electron chi connectivity index (χ2n) is 23.7. The molecule has 4 aromatic heterocycles. The molecule has 2 aliphatic heterocycles. The van der Waals surface area contributed by atoms with E-state index >= 15 is 0 Å². The number of Topliss-reactive ketones (excluding diaryl/α,β-unsaturated/α-hetero) is 1. The number of hydrogen-bond donors (Lipinski definition) is 3. The van der Waals surface area contributed by atoms with Crippen LogP contribution in [0.15, 0.2) is 170 Å². The highest BCUT2D eigenvalue weighted by Gasteiger charge is 2.22. The van der Waals surface area contributed by atoms with E-state index in [2.05, 4.69) is 120 Å². The maximum atomic E-state index is 12.8. The number of nitrogens with one attached hydrogen (secondary N) is 2. The summed E-state index contributed by atoms with van der Waals surface area (Å²) in [7, 11) is 0. The summed E-state index contributed by atoms with van der Waals surface area (Å²) in [5.74, 6) is 0.225. The van der Waals surface area contributed by atoms with E-state index in [-0.39, 0.29) is 28.4 Å².